The second-order valence-corrected chi connectivity index (χ2v) is 6.65. The molecule has 0 saturated carbocycles. The average Bonchev–Trinajstić information content (AvgIpc) is 3.05. The lowest BCUT2D eigenvalue weighted by molar-refractivity contribution is -0.122. The third-order valence-corrected chi connectivity index (χ3v) is 4.73. The van der Waals surface area contributed by atoms with Crippen LogP contribution in [0.2, 0.25) is 5.02 Å². The molecule has 0 bridgehead atoms. The fraction of sp³-hybridized carbons (Fsp3) is 0.136. The summed E-state index contributed by atoms with van der Waals surface area (Å²) in [4.78, 5) is 12.7. The standard InChI is InChI=1S/C22H18ClNO3/c1-2-18(26-20-10-6-4-8-17(20)23)22(25)24-14-11-12-16-15-7-3-5-9-19(15)27-21(16)13-14/h3-13,18H,2H2,1H3,(H,24,25). The number of halogens is 1. The van der Waals surface area contributed by atoms with Crippen molar-refractivity contribution in [3.8, 4) is 5.75 Å². The van der Waals surface area contributed by atoms with Crippen molar-refractivity contribution in [2.45, 2.75) is 19.4 Å². The molecule has 0 aliphatic heterocycles. The van der Waals surface area contributed by atoms with Crippen LogP contribution in [0.5, 0.6) is 5.75 Å². The molecule has 1 amide bonds. The van der Waals surface area contributed by atoms with E-state index < -0.39 is 6.10 Å². The van der Waals surface area contributed by atoms with Crippen molar-refractivity contribution in [1.82, 2.24) is 0 Å². The van der Waals surface area contributed by atoms with Gasteiger partial charge in [0.1, 0.15) is 16.9 Å². The van der Waals surface area contributed by atoms with E-state index in [0.29, 0.717) is 22.9 Å². The predicted octanol–water partition coefficient (Wildman–Crippen LogP) is 6.04. The molecule has 27 heavy (non-hydrogen) atoms. The van der Waals surface area contributed by atoms with Crippen molar-refractivity contribution >= 4 is 45.1 Å². The van der Waals surface area contributed by atoms with Crippen molar-refractivity contribution in [3.05, 3.63) is 71.8 Å². The third-order valence-electron chi connectivity index (χ3n) is 4.42. The Kier molecular flexibility index (Phi) is 4.73. The van der Waals surface area contributed by atoms with Crippen LogP contribution >= 0.6 is 11.6 Å². The summed E-state index contributed by atoms with van der Waals surface area (Å²) in [5.41, 5.74) is 2.21. The van der Waals surface area contributed by atoms with Crippen LogP contribution in [-0.2, 0) is 4.79 Å². The first kappa shape index (κ1) is 17.4. The average molecular weight is 380 g/mol. The van der Waals surface area contributed by atoms with Gasteiger partial charge in [-0.1, -0.05) is 48.9 Å². The molecule has 3 aromatic carbocycles. The number of hydrogen-bond acceptors (Lipinski definition) is 3. The van der Waals surface area contributed by atoms with E-state index in [1.165, 1.54) is 0 Å². The van der Waals surface area contributed by atoms with Gasteiger partial charge < -0.3 is 14.5 Å². The van der Waals surface area contributed by atoms with E-state index in [1.54, 1.807) is 12.1 Å². The van der Waals surface area contributed by atoms with Gasteiger partial charge in [-0.2, -0.15) is 0 Å². The summed E-state index contributed by atoms with van der Waals surface area (Å²) in [5.74, 6) is 0.266. The Morgan fingerprint density at radius 1 is 1.04 bits per heavy atom. The molecule has 0 radical (unpaired) electrons. The lowest BCUT2D eigenvalue weighted by Crippen LogP contribution is -2.32. The fourth-order valence-corrected chi connectivity index (χ4v) is 3.22. The number of para-hydroxylation sites is 2. The number of carbonyl (C=O) groups is 1. The molecule has 1 atom stereocenters. The van der Waals surface area contributed by atoms with Gasteiger partial charge in [-0.15, -0.1) is 0 Å². The van der Waals surface area contributed by atoms with Crippen LogP contribution in [0.15, 0.2) is 71.1 Å². The molecule has 1 N–H and O–H groups in total. The summed E-state index contributed by atoms with van der Waals surface area (Å²) in [5, 5.41) is 5.45. The lowest BCUT2D eigenvalue weighted by atomic mass is 10.1. The molecule has 0 aliphatic rings. The molecule has 4 nitrogen and oxygen atoms in total. The summed E-state index contributed by atoms with van der Waals surface area (Å²) in [6.07, 6.45) is -0.125. The Labute approximate surface area is 161 Å². The maximum atomic E-state index is 12.7. The largest absolute Gasteiger partial charge is 0.479 e. The Morgan fingerprint density at radius 2 is 1.78 bits per heavy atom. The summed E-state index contributed by atoms with van der Waals surface area (Å²) in [6, 6.07) is 20.6. The van der Waals surface area contributed by atoms with Crippen LogP contribution in [0.25, 0.3) is 21.9 Å². The third kappa shape index (κ3) is 3.49. The van der Waals surface area contributed by atoms with Crippen molar-refractivity contribution in [2.24, 2.45) is 0 Å². The van der Waals surface area contributed by atoms with Crippen molar-refractivity contribution in [1.29, 1.82) is 0 Å². The van der Waals surface area contributed by atoms with E-state index >= 15 is 0 Å². The summed E-state index contributed by atoms with van der Waals surface area (Å²) in [7, 11) is 0. The molecule has 0 saturated heterocycles. The molecular formula is C22H18ClNO3. The zero-order chi connectivity index (χ0) is 18.8. The molecule has 5 heteroatoms. The quantitative estimate of drug-likeness (QED) is 0.460. The van der Waals surface area contributed by atoms with E-state index in [2.05, 4.69) is 5.32 Å². The summed E-state index contributed by atoms with van der Waals surface area (Å²) < 4.78 is 11.7. The van der Waals surface area contributed by atoms with Gasteiger partial charge in [0.25, 0.3) is 5.91 Å². The first-order chi connectivity index (χ1) is 13.2. The molecule has 0 spiro atoms. The van der Waals surface area contributed by atoms with Crippen LogP contribution in [0.4, 0.5) is 5.69 Å². The second-order valence-electron chi connectivity index (χ2n) is 6.24. The zero-order valence-corrected chi connectivity index (χ0v) is 15.5. The first-order valence-corrected chi connectivity index (χ1v) is 9.17. The molecule has 1 unspecified atom stereocenters. The molecule has 0 fully saturated rings. The Bertz CT molecular complexity index is 1120. The molecule has 136 valence electrons. The highest BCUT2D eigenvalue weighted by molar-refractivity contribution is 6.32. The Morgan fingerprint density at radius 3 is 2.59 bits per heavy atom. The SMILES string of the molecule is CCC(Oc1ccccc1Cl)C(=O)Nc1ccc2c(c1)oc1ccccc12. The van der Waals surface area contributed by atoms with Crippen molar-refractivity contribution < 1.29 is 13.9 Å². The van der Waals surface area contributed by atoms with Gasteiger partial charge in [0.2, 0.25) is 0 Å². The summed E-state index contributed by atoms with van der Waals surface area (Å²) >= 11 is 6.13. The Balaban J connectivity index is 1.55. The molecule has 4 aromatic rings. The van der Waals surface area contributed by atoms with Crippen molar-refractivity contribution in [3.63, 3.8) is 0 Å². The smallest absolute Gasteiger partial charge is 0.265 e. The maximum Gasteiger partial charge on any atom is 0.265 e. The number of hydrogen-bond donors (Lipinski definition) is 1. The molecule has 0 aliphatic carbocycles. The van der Waals surface area contributed by atoms with E-state index in [4.69, 9.17) is 20.8 Å². The zero-order valence-electron chi connectivity index (χ0n) is 14.7. The van der Waals surface area contributed by atoms with Gasteiger partial charge in [0, 0.05) is 22.5 Å². The van der Waals surface area contributed by atoms with Gasteiger partial charge >= 0.3 is 0 Å². The molecule has 1 aromatic heterocycles. The number of amides is 1. The minimum Gasteiger partial charge on any atom is -0.479 e. The molecule has 4 rings (SSSR count). The number of benzene rings is 3. The van der Waals surface area contributed by atoms with Gasteiger partial charge in [-0.3, -0.25) is 4.79 Å². The maximum absolute atomic E-state index is 12.7. The van der Waals surface area contributed by atoms with Gasteiger partial charge in [0.15, 0.2) is 6.10 Å². The van der Waals surface area contributed by atoms with Crippen LogP contribution in [0, 0.1) is 0 Å². The van der Waals surface area contributed by atoms with Crippen LogP contribution < -0.4 is 10.1 Å². The van der Waals surface area contributed by atoms with E-state index in [9.17, 15) is 4.79 Å². The minimum absolute atomic E-state index is 0.229. The van der Waals surface area contributed by atoms with Crippen LogP contribution in [0.1, 0.15) is 13.3 Å². The number of carbonyl (C=O) groups excluding carboxylic acids is 1. The number of furan rings is 1. The molecule has 1 heterocycles. The highest BCUT2D eigenvalue weighted by atomic mass is 35.5. The number of anilines is 1. The Hall–Kier alpha value is -2.98. The van der Waals surface area contributed by atoms with Gasteiger partial charge in [-0.05, 0) is 36.8 Å². The first-order valence-electron chi connectivity index (χ1n) is 8.79. The van der Waals surface area contributed by atoms with Crippen molar-refractivity contribution in [2.75, 3.05) is 5.32 Å². The van der Waals surface area contributed by atoms with E-state index in [0.717, 1.165) is 21.9 Å². The van der Waals surface area contributed by atoms with Crippen LogP contribution in [-0.4, -0.2) is 12.0 Å². The van der Waals surface area contributed by atoms with Gasteiger partial charge in [-0.25, -0.2) is 0 Å². The fourth-order valence-electron chi connectivity index (χ4n) is 3.04. The highest BCUT2D eigenvalue weighted by Gasteiger charge is 2.20. The molecular weight excluding hydrogens is 362 g/mol. The second kappa shape index (κ2) is 7.33. The normalized spacial score (nSPS) is 12.2. The number of fused-ring (bicyclic) bond motifs is 3. The van der Waals surface area contributed by atoms with E-state index in [-0.39, 0.29) is 5.91 Å². The van der Waals surface area contributed by atoms with E-state index in [1.807, 2.05) is 61.5 Å². The highest BCUT2D eigenvalue weighted by Crippen LogP contribution is 2.30. The van der Waals surface area contributed by atoms with Crippen LogP contribution in [0.3, 0.4) is 0 Å². The predicted molar refractivity (Wildman–Crippen MR) is 109 cm³/mol. The minimum atomic E-state index is -0.642. The number of ether oxygens (including phenoxy) is 1. The number of nitrogens with one attached hydrogen (secondary N) is 1. The monoisotopic (exact) mass is 379 g/mol. The summed E-state index contributed by atoms with van der Waals surface area (Å²) in [6.45, 7) is 1.89. The lowest BCUT2D eigenvalue weighted by Gasteiger charge is -2.18. The number of rotatable bonds is 5. The van der Waals surface area contributed by atoms with Gasteiger partial charge in [0.05, 0.1) is 5.02 Å². The topological polar surface area (TPSA) is 51.5 Å².